The van der Waals surface area contributed by atoms with Gasteiger partial charge in [0.25, 0.3) is 0 Å². The molecule has 0 unspecified atom stereocenters. The van der Waals surface area contributed by atoms with Crippen LogP contribution in [0.1, 0.15) is 24.8 Å². The molecule has 16 heavy (non-hydrogen) atoms. The highest BCUT2D eigenvalue weighted by molar-refractivity contribution is 5.27. The Balaban J connectivity index is 1.61. The fourth-order valence-electron chi connectivity index (χ4n) is 1.63. The van der Waals surface area contributed by atoms with Crippen LogP contribution in [0.25, 0.3) is 0 Å². The summed E-state index contributed by atoms with van der Waals surface area (Å²) in [6.07, 6.45) is 9.19. The van der Waals surface area contributed by atoms with Gasteiger partial charge in [-0.05, 0) is 49.9 Å². The van der Waals surface area contributed by atoms with E-state index in [-0.39, 0.29) is 0 Å². The molecule has 0 bridgehead atoms. The molecule has 0 radical (unpaired) electrons. The molecular weight excluding hydrogens is 198 g/mol. The highest BCUT2D eigenvalue weighted by atomic mass is 16.3. The summed E-state index contributed by atoms with van der Waals surface area (Å²) in [6.45, 7) is 1.09. The van der Waals surface area contributed by atoms with E-state index in [2.05, 4.69) is 17.5 Å². The quantitative estimate of drug-likeness (QED) is 0.567. The summed E-state index contributed by atoms with van der Waals surface area (Å²) in [7, 11) is 0. The number of hydrogen-bond acceptors (Lipinski definition) is 2. The van der Waals surface area contributed by atoms with E-state index in [4.69, 9.17) is 5.11 Å². The van der Waals surface area contributed by atoms with Gasteiger partial charge in [0, 0.05) is 6.04 Å². The van der Waals surface area contributed by atoms with Crippen LogP contribution in [0.15, 0.2) is 36.4 Å². The summed E-state index contributed by atoms with van der Waals surface area (Å²) in [4.78, 5) is 0. The van der Waals surface area contributed by atoms with E-state index in [1.165, 1.54) is 18.4 Å². The van der Waals surface area contributed by atoms with Crippen LogP contribution in [0.5, 0.6) is 5.75 Å². The third-order valence-electron chi connectivity index (χ3n) is 2.78. The fraction of sp³-hybridized carbons (Fsp3) is 0.429. The predicted molar refractivity (Wildman–Crippen MR) is 66.6 cm³/mol. The molecule has 1 aliphatic carbocycles. The minimum atomic E-state index is 0.335. The van der Waals surface area contributed by atoms with E-state index in [0.29, 0.717) is 5.75 Å². The molecule has 1 aromatic carbocycles. The summed E-state index contributed by atoms with van der Waals surface area (Å²) in [6, 6.07) is 8.20. The minimum Gasteiger partial charge on any atom is -0.508 e. The van der Waals surface area contributed by atoms with Gasteiger partial charge in [-0.15, -0.1) is 0 Å². The lowest BCUT2D eigenvalue weighted by molar-refractivity contribution is 0.475. The number of aromatic hydroxyl groups is 1. The molecule has 1 aliphatic rings. The summed E-state index contributed by atoms with van der Waals surface area (Å²) in [5, 5.41) is 12.6. The monoisotopic (exact) mass is 217 g/mol. The van der Waals surface area contributed by atoms with Crippen molar-refractivity contribution in [2.45, 2.75) is 31.7 Å². The Kier molecular flexibility index (Phi) is 4.00. The Morgan fingerprint density at radius 1 is 1.19 bits per heavy atom. The van der Waals surface area contributed by atoms with E-state index in [9.17, 15) is 0 Å². The first-order valence-electron chi connectivity index (χ1n) is 6.01. The molecule has 2 heteroatoms. The lowest BCUT2D eigenvalue weighted by Crippen LogP contribution is -2.16. The number of hydrogen-bond donors (Lipinski definition) is 2. The number of phenolic OH excluding ortho intramolecular Hbond substituents is 1. The highest BCUT2D eigenvalue weighted by Gasteiger charge is 2.19. The van der Waals surface area contributed by atoms with Crippen molar-refractivity contribution >= 4 is 0 Å². The molecule has 0 atom stereocenters. The Bertz CT molecular complexity index is 338. The van der Waals surface area contributed by atoms with Gasteiger partial charge in [-0.1, -0.05) is 24.3 Å². The number of benzene rings is 1. The smallest absolute Gasteiger partial charge is 0.115 e. The van der Waals surface area contributed by atoms with Gasteiger partial charge in [-0.3, -0.25) is 0 Å². The van der Waals surface area contributed by atoms with E-state index in [1.54, 1.807) is 12.1 Å². The van der Waals surface area contributed by atoms with Crippen LogP contribution in [0.3, 0.4) is 0 Å². The first-order valence-corrected chi connectivity index (χ1v) is 6.01. The fourth-order valence-corrected chi connectivity index (χ4v) is 1.63. The van der Waals surface area contributed by atoms with Gasteiger partial charge in [0.15, 0.2) is 0 Å². The van der Waals surface area contributed by atoms with E-state index in [0.717, 1.165) is 25.4 Å². The van der Waals surface area contributed by atoms with Crippen LogP contribution >= 0.6 is 0 Å². The van der Waals surface area contributed by atoms with Crippen molar-refractivity contribution in [3.05, 3.63) is 42.0 Å². The minimum absolute atomic E-state index is 0.335. The zero-order valence-corrected chi connectivity index (χ0v) is 9.52. The molecule has 1 saturated carbocycles. The first kappa shape index (κ1) is 11.2. The topological polar surface area (TPSA) is 32.3 Å². The van der Waals surface area contributed by atoms with Crippen LogP contribution in [-0.4, -0.2) is 17.7 Å². The van der Waals surface area contributed by atoms with Gasteiger partial charge in [-0.2, -0.15) is 0 Å². The zero-order valence-electron chi connectivity index (χ0n) is 9.52. The van der Waals surface area contributed by atoms with Crippen LogP contribution in [0.2, 0.25) is 0 Å². The highest BCUT2D eigenvalue weighted by Crippen LogP contribution is 2.18. The third kappa shape index (κ3) is 4.07. The molecule has 2 nitrogen and oxygen atoms in total. The Hall–Kier alpha value is -1.28. The maximum Gasteiger partial charge on any atom is 0.115 e. The second-order valence-electron chi connectivity index (χ2n) is 4.36. The maximum atomic E-state index is 9.13. The predicted octanol–water partition coefficient (Wildman–Crippen LogP) is 2.63. The Morgan fingerprint density at radius 2 is 1.94 bits per heavy atom. The van der Waals surface area contributed by atoms with Gasteiger partial charge in [0.2, 0.25) is 0 Å². The van der Waals surface area contributed by atoms with Gasteiger partial charge < -0.3 is 10.4 Å². The first-order chi connectivity index (χ1) is 7.84. The average molecular weight is 217 g/mol. The lowest BCUT2D eigenvalue weighted by Gasteiger charge is -1.98. The standard InChI is InChI=1S/C14H19NO/c16-14-9-5-12(6-10-14)4-2-1-3-11-15-13-7-8-13/h1-2,5-6,9-10,13,15-16H,3-4,7-8,11H2. The molecule has 1 aromatic rings. The van der Waals surface area contributed by atoms with Gasteiger partial charge in [0.1, 0.15) is 5.75 Å². The number of rotatable bonds is 6. The second kappa shape index (κ2) is 5.71. The van der Waals surface area contributed by atoms with Crippen molar-refractivity contribution in [2.24, 2.45) is 0 Å². The van der Waals surface area contributed by atoms with Gasteiger partial charge in [0.05, 0.1) is 0 Å². The van der Waals surface area contributed by atoms with E-state index < -0.39 is 0 Å². The molecule has 0 amide bonds. The van der Waals surface area contributed by atoms with Crippen molar-refractivity contribution in [2.75, 3.05) is 6.54 Å². The van der Waals surface area contributed by atoms with Gasteiger partial charge >= 0.3 is 0 Å². The normalized spacial score (nSPS) is 15.8. The van der Waals surface area contributed by atoms with Crippen LogP contribution in [-0.2, 0) is 6.42 Å². The summed E-state index contributed by atoms with van der Waals surface area (Å²) in [5.74, 6) is 0.335. The van der Waals surface area contributed by atoms with Crippen molar-refractivity contribution in [1.82, 2.24) is 5.32 Å². The Labute approximate surface area is 97.0 Å². The lowest BCUT2D eigenvalue weighted by atomic mass is 10.1. The molecule has 2 rings (SSSR count). The summed E-state index contributed by atoms with van der Waals surface area (Å²) in [5.41, 5.74) is 1.24. The summed E-state index contributed by atoms with van der Waals surface area (Å²) < 4.78 is 0. The number of allylic oxidation sites excluding steroid dienone is 1. The molecular formula is C14H19NO. The molecule has 0 saturated heterocycles. The Morgan fingerprint density at radius 3 is 2.62 bits per heavy atom. The number of phenols is 1. The van der Waals surface area contributed by atoms with E-state index >= 15 is 0 Å². The van der Waals surface area contributed by atoms with Crippen molar-refractivity contribution in [3.8, 4) is 5.75 Å². The summed E-state index contributed by atoms with van der Waals surface area (Å²) >= 11 is 0. The third-order valence-corrected chi connectivity index (χ3v) is 2.78. The van der Waals surface area contributed by atoms with Crippen molar-refractivity contribution in [3.63, 3.8) is 0 Å². The van der Waals surface area contributed by atoms with Crippen molar-refractivity contribution in [1.29, 1.82) is 0 Å². The second-order valence-corrected chi connectivity index (χ2v) is 4.36. The van der Waals surface area contributed by atoms with Crippen LogP contribution in [0, 0.1) is 0 Å². The van der Waals surface area contributed by atoms with E-state index in [1.807, 2.05) is 12.1 Å². The van der Waals surface area contributed by atoms with Gasteiger partial charge in [-0.25, -0.2) is 0 Å². The molecule has 1 fully saturated rings. The average Bonchev–Trinajstić information content (AvgIpc) is 3.10. The molecule has 2 N–H and O–H groups in total. The number of nitrogens with one attached hydrogen (secondary N) is 1. The zero-order chi connectivity index (χ0) is 11.2. The maximum absolute atomic E-state index is 9.13. The van der Waals surface area contributed by atoms with Crippen LogP contribution < -0.4 is 5.32 Å². The van der Waals surface area contributed by atoms with Crippen LogP contribution in [0.4, 0.5) is 0 Å². The SMILES string of the molecule is Oc1ccc(CC=CCCNC2CC2)cc1. The molecule has 0 aromatic heterocycles. The van der Waals surface area contributed by atoms with Crippen molar-refractivity contribution < 1.29 is 5.11 Å². The molecule has 0 heterocycles. The molecule has 0 aliphatic heterocycles. The molecule has 86 valence electrons. The molecule has 0 spiro atoms. The largest absolute Gasteiger partial charge is 0.508 e.